The van der Waals surface area contributed by atoms with Gasteiger partial charge in [-0.3, -0.25) is 4.98 Å². The summed E-state index contributed by atoms with van der Waals surface area (Å²) in [4.78, 5) is 8.68. The third-order valence-corrected chi connectivity index (χ3v) is 3.67. The van der Waals surface area contributed by atoms with Crippen LogP contribution in [0, 0.1) is 0 Å². The highest BCUT2D eigenvalue weighted by Crippen LogP contribution is 2.21. The van der Waals surface area contributed by atoms with Gasteiger partial charge in [0.05, 0.1) is 0 Å². The molecule has 1 saturated heterocycles. The van der Waals surface area contributed by atoms with Crippen molar-refractivity contribution in [3.8, 4) is 0 Å². The van der Waals surface area contributed by atoms with Crippen LogP contribution in [0.25, 0.3) is 0 Å². The fourth-order valence-electron chi connectivity index (χ4n) is 2.50. The van der Waals surface area contributed by atoms with Crippen LogP contribution in [0.4, 0.5) is 5.69 Å². The van der Waals surface area contributed by atoms with Gasteiger partial charge in [-0.1, -0.05) is 5.16 Å². The van der Waals surface area contributed by atoms with Gasteiger partial charge in [-0.05, 0) is 38.6 Å². The van der Waals surface area contributed by atoms with Crippen LogP contribution in [-0.2, 0) is 0 Å². The molecule has 1 aromatic rings. The monoisotopic (exact) mass is 263 g/mol. The molecule has 19 heavy (non-hydrogen) atoms. The topological polar surface area (TPSA) is 78.0 Å². The van der Waals surface area contributed by atoms with Gasteiger partial charge in [0.25, 0.3) is 0 Å². The Morgan fingerprint density at radius 1 is 1.63 bits per heavy atom. The number of hydrogen-bond acceptors (Lipinski definition) is 5. The Morgan fingerprint density at radius 3 is 3.11 bits per heavy atom. The standard InChI is InChI=1S/C13H21N5O/c1-17-7-3-4-11(9-17)18(2)10-5-6-15-12(8-10)13(14)16-19/h5-6,8,11,19H,3-4,7,9H2,1-2H3,(H2,14,16). The highest BCUT2D eigenvalue weighted by molar-refractivity contribution is 5.95. The van der Waals surface area contributed by atoms with Crippen LogP contribution in [0.3, 0.4) is 0 Å². The molecule has 2 heterocycles. The van der Waals surface area contributed by atoms with E-state index < -0.39 is 0 Å². The lowest BCUT2D eigenvalue weighted by molar-refractivity contribution is 0.248. The van der Waals surface area contributed by atoms with E-state index in [9.17, 15) is 0 Å². The number of anilines is 1. The van der Waals surface area contributed by atoms with Crippen molar-refractivity contribution >= 4 is 11.5 Å². The van der Waals surface area contributed by atoms with Crippen LogP contribution in [-0.4, -0.2) is 54.2 Å². The Balaban J connectivity index is 2.16. The summed E-state index contributed by atoms with van der Waals surface area (Å²) in [6.07, 6.45) is 4.08. The van der Waals surface area contributed by atoms with Gasteiger partial charge in [-0.25, -0.2) is 0 Å². The number of hydrogen-bond donors (Lipinski definition) is 2. The molecule has 104 valence electrons. The normalized spacial score (nSPS) is 21.4. The van der Waals surface area contributed by atoms with Crippen molar-refractivity contribution < 1.29 is 5.21 Å². The number of aromatic nitrogens is 1. The molecular formula is C13H21N5O. The highest BCUT2D eigenvalue weighted by Gasteiger charge is 2.21. The first-order valence-corrected chi connectivity index (χ1v) is 6.47. The van der Waals surface area contributed by atoms with Gasteiger partial charge in [0.15, 0.2) is 5.84 Å². The Bertz CT molecular complexity index is 462. The summed E-state index contributed by atoms with van der Waals surface area (Å²) in [5, 5.41) is 11.7. The first-order valence-electron chi connectivity index (χ1n) is 6.47. The Hall–Kier alpha value is -1.82. The molecule has 0 saturated carbocycles. The van der Waals surface area contributed by atoms with Crippen LogP contribution >= 0.6 is 0 Å². The van der Waals surface area contributed by atoms with Crippen LogP contribution in [0.2, 0.25) is 0 Å². The number of amidine groups is 1. The molecule has 0 aromatic carbocycles. The van der Waals surface area contributed by atoms with Crippen LogP contribution in [0.5, 0.6) is 0 Å². The predicted octanol–water partition coefficient (Wildman–Crippen LogP) is 0.707. The first kappa shape index (κ1) is 13.6. The van der Waals surface area contributed by atoms with E-state index in [0.29, 0.717) is 11.7 Å². The molecule has 1 aliphatic heterocycles. The van der Waals surface area contributed by atoms with E-state index in [1.165, 1.54) is 12.8 Å². The third-order valence-electron chi connectivity index (χ3n) is 3.67. The Labute approximate surface area is 113 Å². The van der Waals surface area contributed by atoms with Crippen LogP contribution in [0.1, 0.15) is 18.5 Å². The molecule has 2 rings (SSSR count). The molecule has 6 heteroatoms. The minimum absolute atomic E-state index is 0.0380. The van der Waals surface area contributed by atoms with Crippen molar-refractivity contribution in [1.82, 2.24) is 9.88 Å². The molecule has 1 aromatic heterocycles. The predicted molar refractivity (Wildman–Crippen MR) is 75.7 cm³/mol. The molecule has 0 spiro atoms. The molecule has 0 aliphatic carbocycles. The molecule has 1 aliphatic rings. The summed E-state index contributed by atoms with van der Waals surface area (Å²) in [6.45, 7) is 2.22. The number of nitrogens with zero attached hydrogens (tertiary/aromatic N) is 4. The van der Waals surface area contributed by atoms with E-state index >= 15 is 0 Å². The summed E-state index contributed by atoms with van der Waals surface area (Å²) < 4.78 is 0. The van der Waals surface area contributed by atoms with Gasteiger partial charge >= 0.3 is 0 Å². The first-order chi connectivity index (χ1) is 9.11. The lowest BCUT2D eigenvalue weighted by Gasteiger charge is -2.37. The number of likely N-dealkylation sites (tertiary alicyclic amines) is 1. The lowest BCUT2D eigenvalue weighted by Crippen LogP contribution is -2.45. The molecule has 1 fully saturated rings. The van der Waals surface area contributed by atoms with E-state index in [4.69, 9.17) is 10.9 Å². The number of nitrogens with two attached hydrogens (primary N) is 1. The van der Waals surface area contributed by atoms with Crippen LogP contribution in [0.15, 0.2) is 23.5 Å². The number of piperidine rings is 1. The fourth-order valence-corrected chi connectivity index (χ4v) is 2.50. The average Bonchev–Trinajstić information content (AvgIpc) is 2.45. The molecule has 0 amide bonds. The van der Waals surface area contributed by atoms with Gasteiger partial charge in [-0.15, -0.1) is 0 Å². The number of oxime groups is 1. The second kappa shape index (κ2) is 5.88. The Kier molecular flexibility index (Phi) is 4.21. The maximum Gasteiger partial charge on any atom is 0.188 e. The summed E-state index contributed by atoms with van der Waals surface area (Å²) in [5.74, 6) is 0.0380. The van der Waals surface area contributed by atoms with Crippen molar-refractivity contribution in [3.63, 3.8) is 0 Å². The van der Waals surface area contributed by atoms with Crippen molar-refractivity contribution in [2.75, 3.05) is 32.1 Å². The molecule has 0 bridgehead atoms. The van der Waals surface area contributed by atoms with E-state index in [2.05, 4.69) is 34.0 Å². The van der Waals surface area contributed by atoms with Crippen molar-refractivity contribution in [2.24, 2.45) is 10.9 Å². The molecule has 1 unspecified atom stereocenters. The average molecular weight is 263 g/mol. The van der Waals surface area contributed by atoms with Crippen molar-refractivity contribution in [3.05, 3.63) is 24.0 Å². The zero-order chi connectivity index (χ0) is 13.8. The minimum atomic E-state index is 0.0380. The van der Waals surface area contributed by atoms with Gasteiger partial charge in [0.2, 0.25) is 0 Å². The van der Waals surface area contributed by atoms with E-state index in [0.717, 1.165) is 18.8 Å². The zero-order valence-electron chi connectivity index (χ0n) is 11.5. The molecular weight excluding hydrogens is 242 g/mol. The van der Waals surface area contributed by atoms with E-state index in [1.807, 2.05) is 12.1 Å². The molecule has 0 radical (unpaired) electrons. The second-order valence-electron chi connectivity index (χ2n) is 5.05. The largest absolute Gasteiger partial charge is 0.409 e. The number of pyridine rings is 1. The zero-order valence-corrected chi connectivity index (χ0v) is 11.5. The number of likely N-dealkylation sites (N-methyl/N-ethyl adjacent to an activating group) is 2. The third kappa shape index (κ3) is 3.14. The smallest absolute Gasteiger partial charge is 0.188 e. The molecule has 6 nitrogen and oxygen atoms in total. The fraction of sp³-hybridized carbons (Fsp3) is 0.538. The van der Waals surface area contributed by atoms with Gasteiger partial charge in [-0.2, -0.15) is 0 Å². The van der Waals surface area contributed by atoms with Crippen LogP contribution < -0.4 is 10.6 Å². The van der Waals surface area contributed by atoms with Gasteiger partial charge < -0.3 is 20.7 Å². The summed E-state index contributed by atoms with van der Waals surface area (Å²) in [7, 11) is 4.23. The maximum absolute atomic E-state index is 8.70. The van der Waals surface area contributed by atoms with Gasteiger partial charge in [0.1, 0.15) is 5.69 Å². The molecule has 3 N–H and O–H groups in total. The second-order valence-corrected chi connectivity index (χ2v) is 5.05. The lowest BCUT2D eigenvalue weighted by atomic mass is 10.0. The Morgan fingerprint density at radius 2 is 2.42 bits per heavy atom. The SMILES string of the molecule is CN1CCCC(N(C)c2ccnc(C(N)=NO)c2)C1. The molecule has 1 atom stereocenters. The van der Waals surface area contributed by atoms with Crippen molar-refractivity contribution in [2.45, 2.75) is 18.9 Å². The quantitative estimate of drug-likeness (QED) is 0.363. The highest BCUT2D eigenvalue weighted by atomic mass is 16.4. The summed E-state index contributed by atoms with van der Waals surface area (Å²) in [5.41, 5.74) is 7.11. The maximum atomic E-state index is 8.70. The van der Waals surface area contributed by atoms with Gasteiger partial charge in [0, 0.05) is 31.5 Å². The van der Waals surface area contributed by atoms with E-state index in [-0.39, 0.29) is 5.84 Å². The summed E-state index contributed by atoms with van der Waals surface area (Å²) >= 11 is 0. The minimum Gasteiger partial charge on any atom is -0.409 e. The number of rotatable bonds is 3. The summed E-state index contributed by atoms with van der Waals surface area (Å²) in [6, 6.07) is 4.29. The van der Waals surface area contributed by atoms with Crippen molar-refractivity contribution in [1.29, 1.82) is 0 Å². The van der Waals surface area contributed by atoms with E-state index in [1.54, 1.807) is 6.20 Å².